The van der Waals surface area contributed by atoms with E-state index in [-0.39, 0.29) is 10.9 Å². The Hall–Kier alpha value is -1.13. The maximum absolute atomic E-state index is 12.9. The summed E-state index contributed by atoms with van der Waals surface area (Å²) in [5.41, 5.74) is 0.585. The first-order valence-electron chi connectivity index (χ1n) is 4.04. The molecule has 2 aromatic rings. The molecule has 0 spiro atoms. The summed E-state index contributed by atoms with van der Waals surface area (Å²) in [6, 6.07) is 4.19. The molecule has 0 radical (unpaired) electrons. The van der Waals surface area contributed by atoms with Gasteiger partial charge in [0, 0.05) is 5.56 Å². The highest BCUT2D eigenvalue weighted by Gasteiger charge is 2.09. The van der Waals surface area contributed by atoms with Crippen LogP contribution >= 0.6 is 23.2 Å². The SMILES string of the molecule is Fc1ccc(-c2noc(CCl)n2)cc1Cl. The van der Waals surface area contributed by atoms with Crippen molar-refractivity contribution in [2.45, 2.75) is 5.88 Å². The number of rotatable bonds is 2. The summed E-state index contributed by atoms with van der Waals surface area (Å²) in [6.07, 6.45) is 0. The van der Waals surface area contributed by atoms with Gasteiger partial charge in [0.15, 0.2) is 0 Å². The molecule has 0 unspecified atom stereocenters. The highest BCUT2D eigenvalue weighted by atomic mass is 35.5. The topological polar surface area (TPSA) is 38.9 Å². The Bertz CT molecular complexity index is 487. The van der Waals surface area contributed by atoms with Gasteiger partial charge >= 0.3 is 0 Å². The molecule has 0 fully saturated rings. The Morgan fingerprint density at radius 2 is 2.20 bits per heavy atom. The van der Waals surface area contributed by atoms with Gasteiger partial charge in [-0.2, -0.15) is 4.98 Å². The quantitative estimate of drug-likeness (QED) is 0.764. The van der Waals surface area contributed by atoms with Crippen LogP contribution in [0, 0.1) is 5.82 Å². The van der Waals surface area contributed by atoms with Crippen LogP contribution in [-0.2, 0) is 5.88 Å². The molecule has 0 saturated heterocycles. The van der Waals surface area contributed by atoms with Gasteiger partial charge in [0.1, 0.15) is 11.7 Å². The fourth-order valence-corrected chi connectivity index (χ4v) is 1.35. The summed E-state index contributed by atoms with van der Waals surface area (Å²) in [5.74, 6) is 0.309. The van der Waals surface area contributed by atoms with Crippen molar-refractivity contribution in [1.82, 2.24) is 10.1 Å². The molecule has 2 rings (SSSR count). The van der Waals surface area contributed by atoms with E-state index in [1.807, 2.05) is 0 Å². The van der Waals surface area contributed by atoms with Crippen molar-refractivity contribution in [2.75, 3.05) is 0 Å². The number of nitrogens with zero attached hydrogens (tertiary/aromatic N) is 2. The molecule has 0 bridgehead atoms. The normalized spacial score (nSPS) is 10.6. The van der Waals surface area contributed by atoms with Crippen molar-refractivity contribution in [3.8, 4) is 11.4 Å². The second-order valence-electron chi connectivity index (χ2n) is 2.77. The van der Waals surface area contributed by atoms with Gasteiger partial charge in [0.25, 0.3) is 0 Å². The van der Waals surface area contributed by atoms with Crippen LogP contribution < -0.4 is 0 Å². The van der Waals surface area contributed by atoms with Crippen LogP contribution in [0.5, 0.6) is 0 Å². The lowest BCUT2D eigenvalue weighted by molar-refractivity contribution is 0.391. The van der Waals surface area contributed by atoms with E-state index in [2.05, 4.69) is 10.1 Å². The minimum atomic E-state index is -0.485. The van der Waals surface area contributed by atoms with Crippen molar-refractivity contribution >= 4 is 23.2 Å². The number of hydrogen-bond donors (Lipinski definition) is 0. The molecular formula is C9H5Cl2FN2O. The molecular weight excluding hydrogens is 242 g/mol. The largest absolute Gasteiger partial charge is 0.338 e. The van der Waals surface area contributed by atoms with Crippen molar-refractivity contribution < 1.29 is 8.91 Å². The molecule has 3 nitrogen and oxygen atoms in total. The van der Waals surface area contributed by atoms with Gasteiger partial charge < -0.3 is 4.52 Å². The Morgan fingerprint density at radius 3 is 2.80 bits per heavy atom. The van der Waals surface area contributed by atoms with Gasteiger partial charge in [0.05, 0.1) is 5.02 Å². The molecule has 1 aromatic carbocycles. The molecule has 78 valence electrons. The van der Waals surface area contributed by atoms with Crippen LogP contribution in [0.3, 0.4) is 0 Å². The van der Waals surface area contributed by atoms with Gasteiger partial charge in [-0.1, -0.05) is 16.8 Å². The van der Waals surface area contributed by atoms with Gasteiger partial charge in [-0.3, -0.25) is 0 Å². The van der Waals surface area contributed by atoms with E-state index >= 15 is 0 Å². The summed E-state index contributed by atoms with van der Waals surface area (Å²) in [6.45, 7) is 0. The van der Waals surface area contributed by atoms with Crippen molar-refractivity contribution in [2.24, 2.45) is 0 Å². The van der Waals surface area contributed by atoms with Crippen LogP contribution in [0.4, 0.5) is 4.39 Å². The third-order valence-electron chi connectivity index (χ3n) is 1.76. The van der Waals surface area contributed by atoms with E-state index < -0.39 is 5.82 Å². The van der Waals surface area contributed by atoms with Crippen LogP contribution in [0.1, 0.15) is 5.89 Å². The molecule has 0 aliphatic rings. The summed E-state index contributed by atoms with van der Waals surface area (Å²) >= 11 is 11.1. The summed E-state index contributed by atoms with van der Waals surface area (Å²) in [4.78, 5) is 3.98. The molecule has 0 amide bonds. The van der Waals surface area contributed by atoms with Crippen molar-refractivity contribution in [1.29, 1.82) is 0 Å². The first-order chi connectivity index (χ1) is 7.20. The van der Waals surface area contributed by atoms with E-state index in [0.717, 1.165) is 0 Å². The number of hydrogen-bond acceptors (Lipinski definition) is 3. The van der Waals surface area contributed by atoms with Gasteiger partial charge in [-0.05, 0) is 18.2 Å². The monoisotopic (exact) mass is 246 g/mol. The lowest BCUT2D eigenvalue weighted by Crippen LogP contribution is -1.83. The minimum absolute atomic E-state index is 0.0183. The maximum atomic E-state index is 12.9. The Morgan fingerprint density at radius 1 is 1.40 bits per heavy atom. The summed E-state index contributed by atoms with van der Waals surface area (Å²) in [7, 11) is 0. The first kappa shape index (κ1) is 10.4. The molecule has 1 heterocycles. The van der Waals surface area contributed by atoms with E-state index in [1.54, 1.807) is 0 Å². The highest BCUT2D eigenvalue weighted by molar-refractivity contribution is 6.31. The van der Waals surface area contributed by atoms with E-state index in [0.29, 0.717) is 17.3 Å². The van der Waals surface area contributed by atoms with Crippen LogP contribution in [-0.4, -0.2) is 10.1 Å². The molecule has 0 N–H and O–H groups in total. The zero-order valence-electron chi connectivity index (χ0n) is 7.38. The molecule has 15 heavy (non-hydrogen) atoms. The zero-order chi connectivity index (χ0) is 10.8. The number of benzene rings is 1. The Balaban J connectivity index is 2.40. The molecule has 0 aliphatic heterocycles. The van der Waals surface area contributed by atoms with E-state index in [4.69, 9.17) is 27.7 Å². The predicted octanol–water partition coefficient (Wildman–Crippen LogP) is 3.27. The molecule has 0 saturated carbocycles. The minimum Gasteiger partial charge on any atom is -0.338 e. The fourth-order valence-electron chi connectivity index (χ4n) is 1.06. The third-order valence-corrected chi connectivity index (χ3v) is 2.28. The fraction of sp³-hybridized carbons (Fsp3) is 0.111. The standard InChI is InChI=1S/C9H5Cl2FN2O/c10-4-8-13-9(14-15-8)5-1-2-7(12)6(11)3-5/h1-3H,4H2. The van der Waals surface area contributed by atoms with Crippen LogP contribution in [0.15, 0.2) is 22.7 Å². The third kappa shape index (κ3) is 2.11. The van der Waals surface area contributed by atoms with Gasteiger partial charge in [-0.25, -0.2) is 4.39 Å². The van der Waals surface area contributed by atoms with Crippen molar-refractivity contribution in [3.05, 3.63) is 34.9 Å². The first-order valence-corrected chi connectivity index (χ1v) is 4.96. The Labute approximate surface area is 94.8 Å². The lowest BCUT2D eigenvalue weighted by Gasteiger charge is -1.96. The molecule has 6 heteroatoms. The van der Waals surface area contributed by atoms with E-state index in [9.17, 15) is 4.39 Å². The average molecular weight is 247 g/mol. The van der Waals surface area contributed by atoms with E-state index in [1.165, 1.54) is 18.2 Å². The van der Waals surface area contributed by atoms with Gasteiger partial charge in [-0.15, -0.1) is 11.6 Å². The molecule has 0 atom stereocenters. The highest BCUT2D eigenvalue weighted by Crippen LogP contribution is 2.22. The number of alkyl halides is 1. The second kappa shape index (κ2) is 4.16. The van der Waals surface area contributed by atoms with Crippen LogP contribution in [0.25, 0.3) is 11.4 Å². The summed E-state index contributed by atoms with van der Waals surface area (Å²) in [5, 5.41) is 3.69. The average Bonchev–Trinajstić information content (AvgIpc) is 2.70. The van der Waals surface area contributed by atoms with Crippen LogP contribution in [0.2, 0.25) is 5.02 Å². The number of aromatic nitrogens is 2. The molecule has 1 aromatic heterocycles. The predicted molar refractivity (Wildman–Crippen MR) is 54.3 cm³/mol. The molecule has 0 aliphatic carbocycles. The van der Waals surface area contributed by atoms with Gasteiger partial charge in [0.2, 0.25) is 11.7 Å². The Kier molecular flexibility index (Phi) is 2.88. The number of halogens is 3. The maximum Gasteiger partial charge on any atom is 0.241 e. The zero-order valence-corrected chi connectivity index (χ0v) is 8.89. The second-order valence-corrected chi connectivity index (χ2v) is 3.45. The lowest BCUT2D eigenvalue weighted by atomic mass is 10.2. The summed E-state index contributed by atoms with van der Waals surface area (Å²) < 4.78 is 17.7. The smallest absolute Gasteiger partial charge is 0.241 e. The van der Waals surface area contributed by atoms with Crippen molar-refractivity contribution in [3.63, 3.8) is 0 Å².